The highest BCUT2D eigenvalue weighted by atomic mass is 28.3. The SMILES string of the molecule is [2H]C([2H])(Oc1nc(N2CCC[C@H]3[C@H](F)[C@H]32)c2cnc(-c3cc(N=C(c4ccccc4)c4ccccc4)cc4cc(F)c(F)c(C#C[Si](C(C)C)(C(C)C)C(C)C)c34)c(F)c2n1)[C@@]12CCCN1C[C@H](F)C2. The number of nitrogens with zero attached hydrogens (tertiary/aromatic N) is 6. The zero-order chi connectivity index (χ0) is 49.4. The maximum absolute atomic E-state index is 18.2. The Kier molecular flexibility index (Phi) is 11.5. The van der Waals surface area contributed by atoms with Gasteiger partial charge in [-0.05, 0) is 72.4 Å². The van der Waals surface area contributed by atoms with Gasteiger partial charge in [-0.15, -0.1) is 5.54 Å². The quantitative estimate of drug-likeness (QED) is 0.0558. The Morgan fingerprint density at radius 1 is 0.897 bits per heavy atom. The lowest BCUT2D eigenvalue weighted by atomic mass is 9.94. The fraction of sp³-hybridized carbons (Fsp3) is 0.418. The van der Waals surface area contributed by atoms with E-state index in [4.69, 9.17) is 14.7 Å². The Balaban J connectivity index is 1.24. The molecular weight excluding hydrogens is 884 g/mol. The molecule has 0 radical (unpaired) electrons. The maximum Gasteiger partial charge on any atom is 0.319 e. The van der Waals surface area contributed by atoms with Crippen molar-refractivity contribution in [3.8, 4) is 28.7 Å². The fourth-order valence-electron chi connectivity index (χ4n) is 11.9. The van der Waals surface area contributed by atoms with Crippen LogP contribution >= 0.6 is 0 Å². The Morgan fingerprint density at radius 3 is 2.26 bits per heavy atom. The lowest BCUT2D eigenvalue weighted by molar-refractivity contribution is 0.107. The molecule has 4 aromatic carbocycles. The van der Waals surface area contributed by atoms with Crippen molar-refractivity contribution in [3.63, 3.8) is 0 Å². The van der Waals surface area contributed by atoms with Crippen LogP contribution in [-0.4, -0.2) is 83.8 Å². The number of halogens is 5. The second-order valence-corrected chi connectivity index (χ2v) is 25.6. The second-order valence-electron chi connectivity index (χ2n) is 20.0. The zero-order valence-corrected chi connectivity index (χ0v) is 40.3. The van der Waals surface area contributed by atoms with Crippen LogP contribution < -0.4 is 9.64 Å². The first-order valence-corrected chi connectivity index (χ1v) is 26.2. The third-order valence-electron chi connectivity index (χ3n) is 15.2. The number of fused-ring (bicyclic) bond motifs is 4. The molecule has 3 saturated heterocycles. The number of benzene rings is 4. The molecule has 1 saturated carbocycles. The predicted molar refractivity (Wildman–Crippen MR) is 264 cm³/mol. The van der Waals surface area contributed by atoms with Crippen LogP contribution in [-0.2, 0) is 0 Å². The van der Waals surface area contributed by atoms with Gasteiger partial charge in [0.2, 0.25) is 0 Å². The van der Waals surface area contributed by atoms with E-state index in [1.165, 1.54) is 6.20 Å². The minimum Gasteiger partial charge on any atom is -0.461 e. The van der Waals surface area contributed by atoms with Crippen LogP contribution in [0.15, 0.2) is 90.1 Å². The molecule has 3 aliphatic heterocycles. The average molecular weight is 943 g/mol. The van der Waals surface area contributed by atoms with Gasteiger partial charge in [0, 0.05) is 53.7 Å². The number of aliphatic imine (C=N–C) groups is 1. The van der Waals surface area contributed by atoms with Crippen molar-refractivity contribution in [1.29, 1.82) is 0 Å². The van der Waals surface area contributed by atoms with Crippen molar-refractivity contribution in [2.24, 2.45) is 10.9 Å². The van der Waals surface area contributed by atoms with Crippen molar-refractivity contribution in [1.82, 2.24) is 19.9 Å². The van der Waals surface area contributed by atoms with E-state index in [1.807, 2.05) is 60.7 Å². The average Bonchev–Trinajstić information content (AvgIpc) is 3.61. The van der Waals surface area contributed by atoms with Crippen LogP contribution in [0.1, 0.15) is 93.1 Å². The molecular formula is C55H57F5N6OSi. The van der Waals surface area contributed by atoms with E-state index >= 15 is 22.0 Å². The molecule has 13 heteroatoms. The highest BCUT2D eigenvalue weighted by Gasteiger charge is 2.57. The lowest BCUT2D eigenvalue weighted by Gasteiger charge is -2.38. The maximum atomic E-state index is 18.2. The van der Waals surface area contributed by atoms with Crippen LogP contribution in [0.5, 0.6) is 6.01 Å². The monoisotopic (exact) mass is 942 g/mol. The van der Waals surface area contributed by atoms with Crippen LogP contribution in [0.25, 0.3) is 32.9 Å². The van der Waals surface area contributed by atoms with Crippen LogP contribution in [0.4, 0.5) is 33.5 Å². The van der Waals surface area contributed by atoms with Crippen LogP contribution in [0.2, 0.25) is 16.6 Å². The molecule has 6 aromatic rings. The van der Waals surface area contributed by atoms with Gasteiger partial charge in [-0.3, -0.25) is 9.88 Å². The first-order chi connectivity index (χ1) is 33.5. The number of pyridine rings is 1. The van der Waals surface area contributed by atoms with E-state index in [0.29, 0.717) is 44.5 Å². The Morgan fingerprint density at radius 2 is 1.59 bits per heavy atom. The molecule has 0 unspecified atom stereocenters. The van der Waals surface area contributed by atoms with Crippen molar-refractivity contribution in [2.75, 3.05) is 31.1 Å². The molecule has 1 aliphatic carbocycles. The first kappa shape index (κ1) is 43.6. The highest BCUT2D eigenvalue weighted by molar-refractivity contribution is 6.90. The van der Waals surface area contributed by atoms with Crippen molar-refractivity contribution in [3.05, 3.63) is 119 Å². The summed E-state index contributed by atoms with van der Waals surface area (Å²) in [6.07, 6.45) is 1.18. The van der Waals surface area contributed by atoms with Gasteiger partial charge >= 0.3 is 6.01 Å². The van der Waals surface area contributed by atoms with E-state index in [2.05, 4.69) is 63.0 Å². The van der Waals surface area contributed by atoms with Gasteiger partial charge in [0.1, 0.15) is 44.0 Å². The molecule has 7 nitrogen and oxygen atoms in total. The van der Waals surface area contributed by atoms with E-state index < -0.39 is 62.0 Å². The van der Waals surface area contributed by atoms with Gasteiger partial charge in [0.15, 0.2) is 17.5 Å². The number of aromatic nitrogens is 3. The first-order valence-electron chi connectivity index (χ1n) is 25.0. The lowest BCUT2D eigenvalue weighted by Crippen LogP contribution is -2.43. The molecule has 0 amide bonds. The van der Waals surface area contributed by atoms with Gasteiger partial charge in [0.05, 0.1) is 36.7 Å². The van der Waals surface area contributed by atoms with Crippen molar-refractivity contribution in [2.45, 2.75) is 114 Å². The van der Waals surface area contributed by atoms with Crippen LogP contribution in [0, 0.1) is 34.8 Å². The summed E-state index contributed by atoms with van der Waals surface area (Å²) in [6, 6.07) is 22.3. The molecule has 5 heterocycles. The number of rotatable bonds is 11. The number of ether oxygens (including phenoxy) is 1. The Hall–Kier alpha value is -5.71. The standard InChI is InChI=1S/C55H57F5N6OSi/c1-32(2)68(33(3)4,34(5)6)24-20-40-45-37(26-44(57)46(40)58)25-39(62-49(35-15-9-7-10-16-35)36-17-11-8-12-18-36)27-42(45)50-48(60)51-43(29-61-50)53(66-23-13-19-41-47(59)52(41)66)64-54(63-51)67-31-55-21-14-22-65(55)30-38(56)28-55/h7-12,15-18,25-27,29,32-34,38,41,47,52H,13-14,19,21-23,28,30-31H2,1-6H3/t38-,41+,47+,52+,55+/m1/s1/i31D2. The number of alkyl halides is 2. The normalized spacial score (nSPS) is 23.1. The summed E-state index contributed by atoms with van der Waals surface area (Å²) in [5.41, 5.74) is 4.39. The number of hydrogen-bond donors (Lipinski definition) is 0. The largest absolute Gasteiger partial charge is 0.461 e. The van der Waals surface area contributed by atoms with Crippen molar-refractivity contribution < 1.29 is 29.4 Å². The topological polar surface area (TPSA) is 66.7 Å². The van der Waals surface area contributed by atoms with Gasteiger partial charge in [-0.1, -0.05) is 108 Å². The molecule has 0 bridgehead atoms. The molecule has 5 atom stereocenters. The van der Waals surface area contributed by atoms with Crippen molar-refractivity contribution >= 4 is 47.0 Å². The van der Waals surface area contributed by atoms with Gasteiger partial charge < -0.3 is 9.64 Å². The molecule has 10 rings (SSSR count). The van der Waals surface area contributed by atoms with Gasteiger partial charge in [-0.25, -0.2) is 26.9 Å². The zero-order valence-electron chi connectivity index (χ0n) is 41.3. The Labute approximate surface area is 399 Å². The molecule has 0 spiro atoms. The number of piperidine rings is 1. The Bertz CT molecular complexity index is 3030. The van der Waals surface area contributed by atoms with E-state index in [-0.39, 0.29) is 85.5 Å². The van der Waals surface area contributed by atoms with Crippen LogP contribution in [0.3, 0.4) is 0 Å². The molecule has 352 valence electrons. The number of anilines is 1. The number of hydrogen-bond acceptors (Lipinski definition) is 7. The van der Waals surface area contributed by atoms with E-state index in [9.17, 15) is 2.74 Å². The minimum absolute atomic E-state index is 0.0623. The summed E-state index contributed by atoms with van der Waals surface area (Å²) in [4.78, 5) is 22.7. The summed E-state index contributed by atoms with van der Waals surface area (Å²) in [7, 11) is -2.55. The van der Waals surface area contributed by atoms with E-state index in [1.54, 1.807) is 21.9 Å². The molecule has 4 aliphatic rings. The summed E-state index contributed by atoms with van der Waals surface area (Å²) >= 11 is 0. The van der Waals surface area contributed by atoms with E-state index in [0.717, 1.165) is 17.2 Å². The second kappa shape index (κ2) is 18.0. The highest BCUT2D eigenvalue weighted by Crippen LogP contribution is 2.49. The summed E-state index contributed by atoms with van der Waals surface area (Å²) < 4.78 is 106. The summed E-state index contributed by atoms with van der Waals surface area (Å²) in [5.74, 6) is -0.244. The fourth-order valence-corrected chi connectivity index (χ4v) is 17.1. The third-order valence-corrected chi connectivity index (χ3v) is 21.4. The third kappa shape index (κ3) is 7.95. The molecule has 68 heavy (non-hydrogen) atoms. The van der Waals surface area contributed by atoms with Gasteiger partial charge in [-0.2, -0.15) is 9.97 Å². The van der Waals surface area contributed by atoms with Gasteiger partial charge in [0.25, 0.3) is 0 Å². The molecule has 4 fully saturated rings. The summed E-state index contributed by atoms with van der Waals surface area (Å²) in [5, 5.41) is 0.461. The molecule has 0 N–H and O–H groups in total. The smallest absolute Gasteiger partial charge is 0.319 e. The minimum atomic E-state index is -2.55. The molecule has 2 aromatic heterocycles. The predicted octanol–water partition coefficient (Wildman–Crippen LogP) is 12.9. The summed E-state index contributed by atoms with van der Waals surface area (Å²) in [6.45, 7) is 11.2.